The number of phenolic OH excluding ortho intramolecular Hbond substituents is 1. The molecule has 128 valence electrons. The van der Waals surface area contributed by atoms with Crippen LogP contribution in [-0.4, -0.2) is 51.1 Å². The van der Waals surface area contributed by atoms with Gasteiger partial charge in [-0.3, -0.25) is 4.99 Å². The molecule has 0 amide bonds. The summed E-state index contributed by atoms with van der Waals surface area (Å²) < 4.78 is 0. The molecule has 2 aromatic rings. The third-order valence-corrected chi connectivity index (χ3v) is 5.85. The Kier molecular flexibility index (Phi) is 5.89. The van der Waals surface area contributed by atoms with Gasteiger partial charge in [0, 0.05) is 16.8 Å². The van der Waals surface area contributed by atoms with Crippen molar-refractivity contribution >= 4 is 29.2 Å². The summed E-state index contributed by atoms with van der Waals surface area (Å²) in [6.07, 6.45) is 1.74. The molecular formula is C18H24ClN3OS+2. The van der Waals surface area contributed by atoms with Gasteiger partial charge in [-0.25, -0.2) is 0 Å². The SMILES string of the molecule is C[NH+]1CC[NH+]([C@@H](CN=Cc2cc(Cl)ccc2O)c2cccs2)CC1. The van der Waals surface area contributed by atoms with E-state index in [0.29, 0.717) is 16.6 Å². The number of hydrogen-bond donors (Lipinski definition) is 3. The van der Waals surface area contributed by atoms with Gasteiger partial charge >= 0.3 is 0 Å². The Morgan fingerprint density at radius 3 is 2.79 bits per heavy atom. The van der Waals surface area contributed by atoms with E-state index in [1.165, 1.54) is 31.1 Å². The van der Waals surface area contributed by atoms with E-state index in [4.69, 9.17) is 11.6 Å². The minimum Gasteiger partial charge on any atom is -0.507 e. The van der Waals surface area contributed by atoms with E-state index in [1.54, 1.807) is 45.6 Å². The third kappa shape index (κ3) is 4.36. The van der Waals surface area contributed by atoms with Crippen molar-refractivity contribution < 1.29 is 14.9 Å². The number of benzene rings is 1. The van der Waals surface area contributed by atoms with Crippen molar-refractivity contribution in [1.82, 2.24) is 0 Å². The highest BCUT2D eigenvalue weighted by molar-refractivity contribution is 7.10. The number of piperazine rings is 1. The van der Waals surface area contributed by atoms with Gasteiger partial charge in [-0.15, -0.1) is 11.3 Å². The Labute approximate surface area is 152 Å². The average molecular weight is 366 g/mol. The Bertz CT molecular complexity index is 682. The maximum absolute atomic E-state index is 9.91. The quantitative estimate of drug-likeness (QED) is 0.670. The number of aliphatic imine (C=N–C) groups is 1. The van der Waals surface area contributed by atoms with E-state index >= 15 is 0 Å². The Balaban J connectivity index is 1.72. The lowest BCUT2D eigenvalue weighted by Crippen LogP contribution is -3.27. The predicted molar refractivity (Wildman–Crippen MR) is 100.0 cm³/mol. The number of rotatable bonds is 5. The van der Waals surface area contributed by atoms with Gasteiger partial charge in [-0.1, -0.05) is 17.7 Å². The van der Waals surface area contributed by atoms with Crippen molar-refractivity contribution in [2.75, 3.05) is 39.8 Å². The number of nitrogens with zero attached hydrogens (tertiary/aromatic N) is 1. The molecule has 0 bridgehead atoms. The second-order valence-electron chi connectivity index (χ2n) is 6.38. The van der Waals surface area contributed by atoms with E-state index in [9.17, 15) is 5.11 Å². The van der Waals surface area contributed by atoms with Gasteiger partial charge in [0.15, 0.2) is 0 Å². The lowest BCUT2D eigenvalue weighted by atomic mass is 10.1. The molecule has 1 aliphatic rings. The van der Waals surface area contributed by atoms with E-state index in [1.807, 2.05) is 0 Å². The molecule has 2 heterocycles. The van der Waals surface area contributed by atoms with Crippen molar-refractivity contribution in [3.63, 3.8) is 0 Å². The van der Waals surface area contributed by atoms with Crippen LogP contribution in [0.25, 0.3) is 0 Å². The maximum atomic E-state index is 9.91. The van der Waals surface area contributed by atoms with E-state index < -0.39 is 0 Å². The van der Waals surface area contributed by atoms with Crippen LogP contribution in [0, 0.1) is 0 Å². The number of likely N-dealkylation sites (N-methyl/N-ethyl adjacent to an activating group) is 1. The average Bonchev–Trinajstić information content (AvgIpc) is 3.10. The summed E-state index contributed by atoms with van der Waals surface area (Å²) in [6.45, 7) is 5.48. The first kappa shape index (κ1) is 17.4. The molecule has 24 heavy (non-hydrogen) atoms. The van der Waals surface area contributed by atoms with Gasteiger partial charge in [0.1, 0.15) is 38.0 Å². The Hall–Kier alpha value is -1.40. The molecule has 1 aromatic heterocycles. The zero-order valence-electron chi connectivity index (χ0n) is 13.8. The van der Waals surface area contributed by atoms with Crippen molar-refractivity contribution in [2.24, 2.45) is 4.99 Å². The monoisotopic (exact) mass is 365 g/mol. The van der Waals surface area contributed by atoms with Crippen molar-refractivity contribution in [3.05, 3.63) is 51.2 Å². The number of aromatic hydroxyl groups is 1. The molecule has 0 aliphatic carbocycles. The molecular weight excluding hydrogens is 342 g/mol. The highest BCUT2D eigenvalue weighted by Gasteiger charge is 2.29. The number of thiophene rings is 1. The van der Waals surface area contributed by atoms with Crippen molar-refractivity contribution in [3.8, 4) is 5.75 Å². The van der Waals surface area contributed by atoms with Gasteiger partial charge in [-0.2, -0.15) is 0 Å². The number of phenols is 1. The second-order valence-corrected chi connectivity index (χ2v) is 7.80. The molecule has 4 nitrogen and oxygen atoms in total. The summed E-state index contributed by atoms with van der Waals surface area (Å²) in [5, 5.41) is 12.6. The fourth-order valence-electron chi connectivity index (χ4n) is 3.14. The minimum absolute atomic E-state index is 0.214. The molecule has 3 N–H and O–H groups in total. The lowest BCUT2D eigenvalue weighted by Gasteiger charge is -2.32. The fraction of sp³-hybridized carbons (Fsp3) is 0.389. The van der Waals surface area contributed by atoms with Crippen LogP contribution >= 0.6 is 22.9 Å². The van der Waals surface area contributed by atoms with Crippen molar-refractivity contribution in [1.29, 1.82) is 0 Å². The standard InChI is InChI=1S/C18H22ClN3OS/c1-21-6-8-22(9-7-21)16(18-3-2-10-24-18)13-20-12-14-11-15(19)4-5-17(14)23/h2-5,10-12,16,23H,6-9,13H2,1H3/p+2/t16-/m0/s1. The van der Waals surface area contributed by atoms with Crippen molar-refractivity contribution in [2.45, 2.75) is 6.04 Å². The zero-order chi connectivity index (χ0) is 16.9. The number of nitrogens with one attached hydrogen (secondary N) is 2. The first-order valence-electron chi connectivity index (χ1n) is 8.31. The summed E-state index contributed by atoms with van der Waals surface area (Å²) in [7, 11) is 2.26. The molecule has 1 saturated heterocycles. The Morgan fingerprint density at radius 2 is 2.08 bits per heavy atom. The van der Waals surface area contributed by atoms with Crippen LogP contribution in [0.5, 0.6) is 5.75 Å². The summed E-state index contributed by atoms with van der Waals surface area (Å²) in [5.74, 6) is 0.214. The van der Waals surface area contributed by atoms with Gasteiger partial charge in [0.25, 0.3) is 0 Å². The van der Waals surface area contributed by atoms with Gasteiger partial charge in [0.05, 0.1) is 18.5 Å². The van der Waals surface area contributed by atoms with Crippen LogP contribution < -0.4 is 9.80 Å². The summed E-state index contributed by atoms with van der Waals surface area (Å²) in [5.41, 5.74) is 0.672. The molecule has 1 aromatic carbocycles. The highest BCUT2D eigenvalue weighted by atomic mass is 35.5. The van der Waals surface area contributed by atoms with Crippen LogP contribution in [0.1, 0.15) is 16.5 Å². The molecule has 1 fully saturated rings. The predicted octanol–water partition coefficient (Wildman–Crippen LogP) is 0.681. The molecule has 0 saturated carbocycles. The van der Waals surface area contributed by atoms with E-state index in [0.717, 1.165) is 6.54 Å². The molecule has 0 spiro atoms. The van der Waals surface area contributed by atoms with Crippen LogP contribution in [0.15, 0.2) is 40.7 Å². The number of quaternary nitrogens is 2. The lowest BCUT2D eigenvalue weighted by molar-refractivity contribution is -1.02. The largest absolute Gasteiger partial charge is 0.507 e. The molecule has 1 aliphatic heterocycles. The minimum atomic E-state index is 0.214. The second kappa shape index (κ2) is 8.12. The smallest absolute Gasteiger partial charge is 0.142 e. The molecule has 0 radical (unpaired) electrons. The molecule has 6 heteroatoms. The summed E-state index contributed by atoms with van der Waals surface area (Å²) in [6, 6.07) is 9.73. The molecule has 1 atom stereocenters. The molecule has 0 unspecified atom stereocenters. The summed E-state index contributed by atoms with van der Waals surface area (Å²) in [4.78, 5) is 9.23. The maximum Gasteiger partial charge on any atom is 0.142 e. The van der Waals surface area contributed by atoms with Crippen LogP contribution in [0.2, 0.25) is 5.02 Å². The first-order valence-corrected chi connectivity index (χ1v) is 9.57. The normalized spacial score (nSPS) is 22.8. The fourth-order valence-corrected chi connectivity index (χ4v) is 4.20. The zero-order valence-corrected chi connectivity index (χ0v) is 15.4. The van der Waals surface area contributed by atoms with E-state index in [-0.39, 0.29) is 5.75 Å². The van der Waals surface area contributed by atoms with E-state index in [2.05, 4.69) is 29.6 Å². The number of halogens is 1. The highest BCUT2D eigenvalue weighted by Crippen LogP contribution is 2.20. The van der Waals surface area contributed by atoms with Gasteiger partial charge in [-0.05, 0) is 29.6 Å². The first-order chi connectivity index (χ1) is 11.6. The Morgan fingerprint density at radius 1 is 1.29 bits per heavy atom. The van der Waals surface area contributed by atoms with Crippen LogP contribution in [0.4, 0.5) is 0 Å². The van der Waals surface area contributed by atoms with Gasteiger partial charge < -0.3 is 14.9 Å². The van der Waals surface area contributed by atoms with Crippen LogP contribution in [-0.2, 0) is 0 Å². The number of hydrogen-bond acceptors (Lipinski definition) is 3. The summed E-state index contributed by atoms with van der Waals surface area (Å²) >= 11 is 7.80. The molecule has 3 rings (SSSR count). The third-order valence-electron chi connectivity index (χ3n) is 4.63. The van der Waals surface area contributed by atoms with Crippen LogP contribution in [0.3, 0.4) is 0 Å². The topological polar surface area (TPSA) is 41.5 Å². The van der Waals surface area contributed by atoms with Gasteiger partial charge in [0.2, 0.25) is 0 Å².